The van der Waals surface area contributed by atoms with Gasteiger partial charge in [-0.3, -0.25) is 9.59 Å². The molecule has 1 atom stereocenters. The second-order valence-corrected chi connectivity index (χ2v) is 6.17. The van der Waals surface area contributed by atoms with Gasteiger partial charge in [0.1, 0.15) is 13.2 Å². The summed E-state index contributed by atoms with van der Waals surface area (Å²) in [5, 5.41) is 2.65. The van der Waals surface area contributed by atoms with E-state index in [1.807, 2.05) is 31.2 Å². The molecule has 0 bridgehead atoms. The number of amides is 2. The van der Waals surface area contributed by atoms with E-state index >= 15 is 0 Å². The standard InChI is InChI=1S/C19H18N2O4/c1-12-10-13-4-2-3-5-15(13)21(12)19(23)18(22)20-14-6-7-16-17(11-14)25-9-8-24-16/h2-7,11-12H,8-10H2,1H3,(H,20,22). The lowest BCUT2D eigenvalue weighted by atomic mass is 10.1. The number of benzene rings is 2. The van der Waals surface area contributed by atoms with E-state index in [9.17, 15) is 9.59 Å². The van der Waals surface area contributed by atoms with Crippen molar-refractivity contribution < 1.29 is 19.1 Å². The van der Waals surface area contributed by atoms with Gasteiger partial charge in [-0.2, -0.15) is 0 Å². The van der Waals surface area contributed by atoms with Gasteiger partial charge in [0.2, 0.25) is 0 Å². The summed E-state index contributed by atoms with van der Waals surface area (Å²) in [6.07, 6.45) is 0.749. The van der Waals surface area contributed by atoms with Crippen LogP contribution in [0.5, 0.6) is 11.5 Å². The summed E-state index contributed by atoms with van der Waals surface area (Å²) < 4.78 is 11.0. The van der Waals surface area contributed by atoms with Crippen LogP contribution in [0.4, 0.5) is 11.4 Å². The number of hydrogen-bond donors (Lipinski definition) is 1. The number of nitrogens with zero attached hydrogens (tertiary/aromatic N) is 1. The van der Waals surface area contributed by atoms with Crippen molar-refractivity contribution in [2.24, 2.45) is 0 Å². The van der Waals surface area contributed by atoms with Crippen molar-refractivity contribution in [2.75, 3.05) is 23.4 Å². The van der Waals surface area contributed by atoms with Gasteiger partial charge in [0.05, 0.1) is 0 Å². The number of carbonyl (C=O) groups excluding carboxylic acids is 2. The first kappa shape index (κ1) is 15.5. The monoisotopic (exact) mass is 338 g/mol. The number of para-hydroxylation sites is 1. The highest BCUT2D eigenvalue weighted by molar-refractivity contribution is 6.44. The van der Waals surface area contributed by atoms with E-state index < -0.39 is 11.8 Å². The van der Waals surface area contributed by atoms with Crippen LogP contribution in [0.3, 0.4) is 0 Å². The Labute approximate surface area is 145 Å². The van der Waals surface area contributed by atoms with E-state index in [-0.39, 0.29) is 6.04 Å². The maximum atomic E-state index is 12.7. The van der Waals surface area contributed by atoms with Gasteiger partial charge in [-0.25, -0.2) is 0 Å². The smallest absolute Gasteiger partial charge is 0.316 e. The molecule has 2 aromatic carbocycles. The Morgan fingerprint density at radius 2 is 1.84 bits per heavy atom. The Kier molecular flexibility index (Phi) is 3.80. The van der Waals surface area contributed by atoms with Crippen molar-refractivity contribution in [1.82, 2.24) is 0 Å². The number of fused-ring (bicyclic) bond motifs is 2. The number of rotatable bonds is 1. The normalized spacial score (nSPS) is 17.8. The molecule has 2 heterocycles. The van der Waals surface area contributed by atoms with E-state index in [0.29, 0.717) is 30.4 Å². The molecular weight excluding hydrogens is 320 g/mol. The third-order valence-corrected chi connectivity index (χ3v) is 4.42. The van der Waals surface area contributed by atoms with Crippen LogP contribution in [0.15, 0.2) is 42.5 Å². The minimum atomic E-state index is -0.666. The molecule has 0 spiro atoms. The third-order valence-electron chi connectivity index (χ3n) is 4.42. The third kappa shape index (κ3) is 2.80. The molecule has 128 valence electrons. The van der Waals surface area contributed by atoms with Crippen molar-refractivity contribution in [1.29, 1.82) is 0 Å². The number of anilines is 2. The number of ether oxygens (including phenoxy) is 2. The minimum Gasteiger partial charge on any atom is -0.486 e. The molecule has 0 saturated heterocycles. The Balaban J connectivity index is 1.52. The predicted octanol–water partition coefficient (Wildman–Crippen LogP) is 2.37. The van der Waals surface area contributed by atoms with Crippen LogP contribution in [-0.2, 0) is 16.0 Å². The first-order valence-corrected chi connectivity index (χ1v) is 8.25. The quantitative estimate of drug-likeness (QED) is 0.811. The molecule has 0 saturated carbocycles. The van der Waals surface area contributed by atoms with Crippen LogP contribution in [0.2, 0.25) is 0 Å². The number of hydrogen-bond acceptors (Lipinski definition) is 4. The predicted molar refractivity (Wildman–Crippen MR) is 93.2 cm³/mol. The second-order valence-electron chi connectivity index (χ2n) is 6.17. The van der Waals surface area contributed by atoms with Gasteiger partial charge in [-0.05, 0) is 37.1 Å². The van der Waals surface area contributed by atoms with Crippen molar-refractivity contribution in [3.63, 3.8) is 0 Å². The Bertz CT molecular complexity index is 849. The molecule has 1 N–H and O–H groups in total. The maximum absolute atomic E-state index is 12.7. The van der Waals surface area contributed by atoms with Gasteiger partial charge in [0.25, 0.3) is 0 Å². The molecule has 2 aliphatic heterocycles. The lowest BCUT2D eigenvalue weighted by Gasteiger charge is -2.22. The van der Waals surface area contributed by atoms with Crippen LogP contribution in [0.1, 0.15) is 12.5 Å². The zero-order valence-corrected chi connectivity index (χ0v) is 13.8. The molecule has 2 aromatic rings. The van der Waals surface area contributed by atoms with Crippen LogP contribution in [0, 0.1) is 0 Å². The average molecular weight is 338 g/mol. The SMILES string of the molecule is CC1Cc2ccccc2N1C(=O)C(=O)Nc1ccc2c(c1)OCCO2. The largest absolute Gasteiger partial charge is 0.486 e. The van der Waals surface area contributed by atoms with Crippen molar-refractivity contribution in [3.8, 4) is 11.5 Å². The Morgan fingerprint density at radius 1 is 1.08 bits per heavy atom. The van der Waals surface area contributed by atoms with E-state index in [2.05, 4.69) is 5.32 Å². The molecule has 6 heteroatoms. The van der Waals surface area contributed by atoms with Gasteiger partial charge >= 0.3 is 11.8 Å². The molecule has 1 unspecified atom stereocenters. The molecule has 2 aliphatic rings. The fraction of sp³-hybridized carbons (Fsp3) is 0.263. The second kappa shape index (κ2) is 6.12. The van der Waals surface area contributed by atoms with E-state index in [4.69, 9.17) is 9.47 Å². The summed E-state index contributed by atoms with van der Waals surface area (Å²) in [4.78, 5) is 26.7. The van der Waals surface area contributed by atoms with Crippen LogP contribution in [0.25, 0.3) is 0 Å². The average Bonchev–Trinajstić information content (AvgIpc) is 2.96. The molecule has 0 fully saturated rings. The molecule has 25 heavy (non-hydrogen) atoms. The van der Waals surface area contributed by atoms with Crippen LogP contribution >= 0.6 is 0 Å². The minimum absolute atomic E-state index is 0.0454. The van der Waals surface area contributed by atoms with Crippen molar-refractivity contribution >= 4 is 23.2 Å². The summed E-state index contributed by atoms with van der Waals surface area (Å²) in [5.74, 6) is -0.0263. The molecule has 4 rings (SSSR count). The first-order chi connectivity index (χ1) is 12.1. The summed E-state index contributed by atoms with van der Waals surface area (Å²) in [5.41, 5.74) is 2.38. The molecule has 6 nitrogen and oxygen atoms in total. The Morgan fingerprint density at radius 3 is 2.68 bits per heavy atom. The molecule has 0 radical (unpaired) electrons. The summed E-state index contributed by atoms with van der Waals surface area (Å²) in [6, 6.07) is 12.7. The van der Waals surface area contributed by atoms with Gasteiger partial charge < -0.3 is 19.7 Å². The van der Waals surface area contributed by atoms with Gasteiger partial charge in [0.15, 0.2) is 11.5 Å². The lowest BCUT2D eigenvalue weighted by molar-refractivity contribution is -0.134. The molecule has 2 amide bonds. The fourth-order valence-electron chi connectivity index (χ4n) is 3.29. The lowest BCUT2D eigenvalue weighted by Crippen LogP contribution is -2.43. The molecule has 0 aliphatic carbocycles. The summed E-state index contributed by atoms with van der Waals surface area (Å²) >= 11 is 0. The number of nitrogens with one attached hydrogen (secondary N) is 1. The maximum Gasteiger partial charge on any atom is 0.316 e. The van der Waals surface area contributed by atoms with Crippen molar-refractivity contribution in [3.05, 3.63) is 48.0 Å². The zero-order chi connectivity index (χ0) is 17.4. The summed E-state index contributed by atoms with van der Waals surface area (Å²) in [6.45, 7) is 2.91. The number of carbonyl (C=O) groups is 2. The zero-order valence-electron chi connectivity index (χ0n) is 13.8. The summed E-state index contributed by atoms with van der Waals surface area (Å²) in [7, 11) is 0. The first-order valence-electron chi connectivity index (χ1n) is 8.25. The van der Waals surface area contributed by atoms with E-state index in [0.717, 1.165) is 17.7 Å². The molecule has 0 aromatic heterocycles. The van der Waals surface area contributed by atoms with Gasteiger partial charge in [-0.15, -0.1) is 0 Å². The van der Waals surface area contributed by atoms with Crippen LogP contribution < -0.4 is 19.7 Å². The highest BCUT2D eigenvalue weighted by Crippen LogP contribution is 2.34. The topological polar surface area (TPSA) is 67.9 Å². The van der Waals surface area contributed by atoms with Crippen molar-refractivity contribution in [2.45, 2.75) is 19.4 Å². The van der Waals surface area contributed by atoms with Crippen LogP contribution in [-0.4, -0.2) is 31.1 Å². The van der Waals surface area contributed by atoms with E-state index in [1.54, 1.807) is 23.1 Å². The highest BCUT2D eigenvalue weighted by atomic mass is 16.6. The highest BCUT2D eigenvalue weighted by Gasteiger charge is 2.34. The van der Waals surface area contributed by atoms with Gasteiger partial charge in [-0.1, -0.05) is 18.2 Å². The van der Waals surface area contributed by atoms with Gasteiger partial charge in [0, 0.05) is 23.5 Å². The van der Waals surface area contributed by atoms with E-state index in [1.165, 1.54) is 0 Å². The fourth-order valence-corrected chi connectivity index (χ4v) is 3.29. The Hall–Kier alpha value is -3.02. The molecular formula is C19H18N2O4.